The molecule has 1 aromatic heterocycles. The first-order chi connectivity index (χ1) is 9.79. The van der Waals surface area contributed by atoms with Crippen LogP contribution in [0.15, 0.2) is 6.20 Å². The molecule has 3 unspecified atom stereocenters. The van der Waals surface area contributed by atoms with Gasteiger partial charge in [0.25, 0.3) is 0 Å². The zero-order valence-electron chi connectivity index (χ0n) is 12.6. The molecule has 2 heterocycles. The minimum Gasteiger partial charge on any atom is -0.372 e. The molecule has 0 N–H and O–H groups in total. The Balaban J connectivity index is 2.15. The van der Waals surface area contributed by atoms with Crippen molar-refractivity contribution >= 4 is 11.6 Å². The third kappa shape index (κ3) is 3.21. The molecule has 8 nitrogen and oxygen atoms in total. The van der Waals surface area contributed by atoms with Crippen molar-refractivity contribution in [2.24, 2.45) is 0 Å². The Morgan fingerprint density at radius 2 is 2.05 bits per heavy atom. The first-order valence-corrected chi connectivity index (χ1v) is 6.94. The normalized spacial score (nSPS) is 23.9. The van der Waals surface area contributed by atoms with Crippen molar-refractivity contribution < 1.29 is 14.5 Å². The Bertz CT molecular complexity index is 546. The van der Waals surface area contributed by atoms with Crippen molar-refractivity contribution in [3.8, 4) is 0 Å². The summed E-state index contributed by atoms with van der Waals surface area (Å²) in [6, 6.07) is -0.574. The number of nitrogens with zero attached hydrogens (tertiary/aromatic N) is 4. The van der Waals surface area contributed by atoms with Gasteiger partial charge in [0.2, 0.25) is 5.91 Å². The summed E-state index contributed by atoms with van der Waals surface area (Å²) < 4.78 is 6.96. The third-order valence-electron chi connectivity index (χ3n) is 3.57. The molecule has 2 rings (SSSR count). The fraction of sp³-hybridized carbons (Fsp3) is 0.692. The second-order valence-corrected chi connectivity index (χ2v) is 5.51. The van der Waals surface area contributed by atoms with Crippen LogP contribution >= 0.6 is 0 Å². The average Bonchev–Trinajstić information content (AvgIpc) is 2.78. The van der Waals surface area contributed by atoms with E-state index in [-0.39, 0.29) is 23.8 Å². The van der Waals surface area contributed by atoms with E-state index in [1.165, 1.54) is 10.9 Å². The summed E-state index contributed by atoms with van der Waals surface area (Å²) in [4.78, 5) is 24.6. The predicted molar refractivity (Wildman–Crippen MR) is 74.9 cm³/mol. The quantitative estimate of drug-likeness (QED) is 0.619. The van der Waals surface area contributed by atoms with Gasteiger partial charge in [0.1, 0.15) is 17.9 Å². The lowest BCUT2D eigenvalue weighted by Crippen LogP contribution is -2.50. The summed E-state index contributed by atoms with van der Waals surface area (Å²) in [6.45, 7) is 8.15. The van der Waals surface area contributed by atoms with Crippen molar-refractivity contribution in [2.45, 2.75) is 45.9 Å². The zero-order chi connectivity index (χ0) is 15.7. The van der Waals surface area contributed by atoms with E-state index in [1.807, 2.05) is 13.8 Å². The van der Waals surface area contributed by atoms with Crippen molar-refractivity contribution in [2.75, 3.05) is 13.1 Å². The fourth-order valence-corrected chi connectivity index (χ4v) is 2.58. The maximum absolute atomic E-state index is 12.5. The molecule has 1 fully saturated rings. The van der Waals surface area contributed by atoms with E-state index in [9.17, 15) is 14.9 Å². The summed E-state index contributed by atoms with van der Waals surface area (Å²) >= 11 is 0. The van der Waals surface area contributed by atoms with E-state index in [0.717, 1.165) is 0 Å². The Kier molecular flexibility index (Phi) is 4.26. The van der Waals surface area contributed by atoms with E-state index in [2.05, 4.69) is 5.10 Å². The molecular weight excluding hydrogens is 276 g/mol. The van der Waals surface area contributed by atoms with Crippen LogP contribution in [0.3, 0.4) is 0 Å². The molecule has 0 saturated carbocycles. The molecule has 1 aliphatic rings. The van der Waals surface area contributed by atoms with Gasteiger partial charge in [-0.3, -0.25) is 19.6 Å². The van der Waals surface area contributed by atoms with Crippen LogP contribution in [0, 0.1) is 17.0 Å². The van der Waals surface area contributed by atoms with Crippen LogP contribution in [0.2, 0.25) is 0 Å². The molecule has 3 atom stereocenters. The summed E-state index contributed by atoms with van der Waals surface area (Å²) in [6.07, 6.45) is 1.28. The van der Waals surface area contributed by atoms with Crippen LogP contribution in [-0.4, -0.2) is 50.8 Å². The van der Waals surface area contributed by atoms with Crippen LogP contribution in [0.5, 0.6) is 0 Å². The van der Waals surface area contributed by atoms with Crippen molar-refractivity contribution in [3.05, 3.63) is 22.0 Å². The van der Waals surface area contributed by atoms with Gasteiger partial charge in [0, 0.05) is 13.1 Å². The number of ether oxygens (including phenoxy) is 1. The molecule has 1 saturated heterocycles. The van der Waals surface area contributed by atoms with Crippen LogP contribution in [0.1, 0.15) is 32.5 Å². The van der Waals surface area contributed by atoms with Gasteiger partial charge < -0.3 is 9.64 Å². The Morgan fingerprint density at radius 1 is 1.48 bits per heavy atom. The number of carbonyl (C=O) groups excluding carboxylic acids is 1. The van der Waals surface area contributed by atoms with Crippen molar-refractivity contribution in [1.29, 1.82) is 0 Å². The molecule has 0 aromatic carbocycles. The van der Waals surface area contributed by atoms with E-state index in [0.29, 0.717) is 18.8 Å². The molecular formula is C13H20N4O4. The monoisotopic (exact) mass is 296 g/mol. The lowest BCUT2D eigenvalue weighted by molar-refractivity contribution is -0.385. The highest BCUT2D eigenvalue weighted by Gasteiger charge is 2.30. The number of morpholine rings is 1. The van der Waals surface area contributed by atoms with Gasteiger partial charge >= 0.3 is 5.69 Å². The van der Waals surface area contributed by atoms with E-state index >= 15 is 0 Å². The third-order valence-corrected chi connectivity index (χ3v) is 3.57. The summed E-state index contributed by atoms with van der Waals surface area (Å²) in [7, 11) is 0. The Labute approximate surface area is 122 Å². The Morgan fingerprint density at radius 3 is 2.52 bits per heavy atom. The first kappa shape index (κ1) is 15.4. The molecule has 0 radical (unpaired) electrons. The molecule has 8 heteroatoms. The maximum Gasteiger partial charge on any atom is 0.309 e. The number of hydrogen-bond acceptors (Lipinski definition) is 5. The number of nitro groups is 1. The second-order valence-electron chi connectivity index (χ2n) is 5.51. The predicted octanol–water partition coefficient (Wildman–Crippen LogP) is 1.30. The standard InChI is InChI=1S/C13H20N4O4/c1-8-5-15(6-9(2)21-8)13(18)11(4)16-7-12(17(19)20)10(3)14-16/h7-9,11H,5-6H2,1-4H3. The van der Waals surface area contributed by atoms with Crippen LogP contribution < -0.4 is 0 Å². The molecule has 0 bridgehead atoms. The molecule has 116 valence electrons. The highest BCUT2D eigenvalue weighted by atomic mass is 16.6. The largest absolute Gasteiger partial charge is 0.372 e. The SMILES string of the molecule is Cc1nn(C(C)C(=O)N2CC(C)OC(C)C2)cc1[N+](=O)[O-]. The van der Waals surface area contributed by atoms with Crippen LogP contribution in [0.4, 0.5) is 5.69 Å². The molecule has 1 aromatic rings. The second kappa shape index (κ2) is 5.80. The molecule has 1 aliphatic heterocycles. The van der Waals surface area contributed by atoms with E-state index in [4.69, 9.17) is 4.74 Å². The minimum absolute atomic E-state index is 0.0152. The summed E-state index contributed by atoms with van der Waals surface area (Å²) in [5.41, 5.74) is 0.238. The topological polar surface area (TPSA) is 90.5 Å². The number of amides is 1. The lowest BCUT2D eigenvalue weighted by atomic mass is 10.2. The fourth-order valence-electron chi connectivity index (χ4n) is 2.58. The summed E-state index contributed by atoms with van der Waals surface area (Å²) in [5, 5.41) is 14.9. The average molecular weight is 296 g/mol. The van der Waals surface area contributed by atoms with E-state index < -0.39 is 11.0 Å². The van der Waals surface area contributed by atoms with Gasteiger partial charge in [0.15, 0.2) is 0 Å². The van der Waals surface area contributed by atoms with Gasteiger partial charge in [-0.2, -0.15) is 5.10 Å². The van der Waals surface area contributed by atoms with Crippen LogP contribution in [0.25, 0.3) is 0 Å². The number of hydrogen-bond donors (Lipinski definition) is 0. The first-order valence-electron chi connectivity index (χ1n) is 6.94. The van der Waals surface area contributed by atoms with Gasteiger partial charge in [-0.1, -0.05) is 0 Å². The Hall–Kier alpha value is -1.96. The maximum atomic E-state index is 12.5. The highest BCUT2D eigenvalue weighted by Crippen LogP contribution is 2.21. The van der Waals surface area contributed by atoms with E-state index in [1.54, 1.807) is 18.7 Å². The van der Waals surface area contributed by atoms with Gasteiger partial charge in [-0.05, 0) is 27.7 Å². The number of aromatic nitrogens is 2. The zero-order valence-corrected chi connectivity index (χ0v) is 12.6. The summed E-state index contributed by atoms with van der Waals surface area (Å²) in [5.74, 6) is -0.102. The van der Waals surface area contributed by atoms with Gasteiger partial charge in [0.05, 0.1) is 17.1 Å². The molecule has 0 spiro atoms. The van der Waals surface area contributed by atoms with Gasteiger partial charge in [-0.15, -0.1) is 0 Å². The number of rotatable bonds is 3. The molecule has 1 amide bonds. The molecule has 0 aliphatic carbocycles. The van der Waals surface area contributed by atoms with Crippen LogP contribution in [-0.2, 0) is 9.53 Å². The van der Waals surface area contributed by atoms with Crippen molar-refractivity contribution in [3.63, 3.8) is 0 Å². The molecule has 21 heavy (non-hydrogen) atoms. The van der Waals surface area contributed by atoms with Gasteiger partial charge in [-0.25, -0.2) is 0 Å². The number of carbonyl (C=O) groups is 1. The minimum atomic E-state index is -0.574. The smallest absolute Gasteiger partial charge is 0.309 e. The number of aryl methyl sites for hydroxylation is 1. The lowest BCUT2D eigenvalue weighted by Gasteiger charge is -2.36. The highest BCUT2D eigenvalue weighted by molar-refractivity contribution is 5.80. The van der Waals surface area contributed by atoms with Crippen molar-refractivity contribution in [1.82, 2.24) is 14.7 Å².